The van der Waals surface area contributed by atoms with E-state index in [0.717, 1.165) is 6.42 Å². The molecule has 0 amide bonds. The van der Waals surface area contributed by atoms with Gasteiger partial charge in [0.2, 0.25) is 0 Å². The summed E-state index contributed by atoms with van der Waals surface area (Å²) in [5.41, 5.74) is 0. The van der Waals surface area contributed by atoms with Crippen LogP contribution in [-0.2, 0) is 0 Å². The van der Waals surface area contributed by atoms with E-state index in [1.165, 1.54) is 21.5 Å². The highest BCUT2D eigenvalue weighted by Crippen LogP contribution is 2.21. The highest BCUT2D eigenvalue weighted by atomic mass is 14.0. The van der Waals surface area contributed by atoms with Crippen LogP contribution >= 0.6 is 0 Å². The van der Waals surface area contributed by atoms with Crippen molar-refractivity contribution in [2.45, 2.75) is 6.42 Å². The second-order valence-corrected chi connectivity index (χ2v) is 4.64. The highest BCUT2D eigenvalue weighted by Gasteiger charge is 1.95. The normalized spacial score (nSPS) is 12.6. The molecule has 0 unspecified atom stereocenters. The Bertz CT molecular complexity index is 633. The zero-order valence-corrected chi connectivity index (χ0v) is 10.8. The maximum Gasteiger partial charge on any atom is -0.0163 e. The molecule has 1 aliphatic carbocycles. The molecule has 0 saturated carbocycles. The molecule has 0 fully saturated rings. The van der Waals surface area contributed by atoms with Gasteiger partial charge in [0.25, 0.3) is 0 Å². The third kappa shape index (κ3) is 2.74. The van der Waals surface area contributed by atoms with Crippen LogP contribution in [0.2, 0.25) is 0 Å². The van der Waals surface area contributed by atoms with Gasteiger partial charge < -0.3 is 0 Å². The minimum absolute atomic E-state index is 1.14. The number of hydrogen-bond acceptors (Lipinski definition) is 0. The lowest BCUT2D eigenvalue weighted by Gasteiger charge is -2.00. The Morgan fingerprint density at radius 1 is 0.526 bits per heavy atom. The minimum atomic E-state index is 1.14. The first-order valence-corrected chi connectivity index (χ1v) is 6.63. The first-order valence-electron chi connectivity index (χ1n) is 6.63. The van der Waals surface area contributed by atoms with Gasteiger partial charge >= 0.3 is 0 Å². The maximum atomic E-state index is 2.24. The summed E-state index contributed by atoms with van der Waals surface area (Å²) in [5.74, 6) is 0. The molecule has 0 heterocycles. The Balaban J connectivity index is 0.000000187. The molecule has 0 atom stereocenters. The molecule has 0 aromatic heterocycles. The van der Waals surface area contributed by atoms with E-state index in [9.17, 15) is 0 Å². The van der Waals surface area contributed by atoms with Gasteiger partial charge in [0, 0.05) is 0 Å². The third-order valence-electron chi connectivity index (χ3n) is 3.27. The highest BCUT2D eigenvalue weighted by molar-refractivity contribution is 5.98. The summed E-state index contributed by atoms with van der Waals surface area (Å²) in [6, 6.07) is 21.4. The van der Waals surface area contributed by atoms with E-state index >= 15 is 0 Å². The van der Waals surface area contributed by atoms with Crippen LogP contribution in [0.3, 0.4) is 0 Å². The zero-order chi connectivity index (χ0) is 12.9. The van der Waals surface area contributed by atoms with Crippen molar-refractivity contribution in [3.63, 3.8) is 0 Å². The van der Waals surface area contributed by atoms with Crippen molar-refractivity contribution in [1.29, 1.82) is 0 Å². The minimum Gasteiger partial charge on any atom is -0.0808 e. The van der Waals surface area contributed by atoms with Gasteiger partial charge in [-0.1, -0.05) is 72.8 Å². The van der Waals surface area contributed by atoms with Gasteiger partial charge in [-0.2, -0.15) is 0 Å². The molecule has 0 spiro atoms. The quantitative estimate of drug-likeness (QED) is 0.458. The predicted octanol–water partition coefficient (Wildman–Crippen LogP) is 5.50. The fraction of sp³-hybridized carbons (Fsp3) is 0.0526. The molecule has 3 aromatic rings. The van der Waals surface area contributed by atoms with Gasteiger partial charge in [0.15, 0.2) is 0 Å². The summed E-state index contributed by atoms with van der Waals surface area (Å²) < 4.78 is 0. The van der Waals surface area contributed by atoms with Crippen LogP contribution < -0.4 is 0 Å². The largest absolute Gasteiger partial charge is 0.0808 e. The summed E-state index contributed by atoms with van der Waals surface area (Å²) in [5, 5.41) is 5.25. The van der Waals surface area contributed by atoms with E-state index in [1.807, 2.05) is 0 Å². The number of hydrogen-bond donors (Lipinski definition) is 0. The van der Waals surface area contributed by atoms with Crippen LogP contribution in [0.5, 0.6) is 0 Å². The first kappa shape index (κ1) is 11.7. The molecule has 0 aliphatic heterocycles. The van der Waals surface area contributed by atoms with E-state index in [-0.39, 0.29) is 0 Å². The van der Waals surface area contributed by atoms with E-state index in [1.54, 1.807) is 0 Å². The molecule has 0 saturated heterocycles. The summed E-state index contributed by atoms with van der Waals surface area (Å²) in [4.78, 5) is 0. The van der Waals surface area contributed by atoms with E-state index < -0.39 is 0 Å². The average molecular weight is 244 g/mol. The fourth-order valence-electron chi connectivity index (χ4n) is 2.28. The van der Waals surface area contributed by atoms with Crippen LogP contribution in [0.15, 0.2) is 85.0 Å². The van der Waals surface area contributed by atoms with Gasteiger partial charge in [0.1, 0.15) is 0 Å². The molecule has 0 heteroatoms. The second kappa shape index (κ2) is 5.53. The summed E-state index contributed by atoms with van der Waals surface area (Å²) in [7, 11) is 0. The third-order valence-corrected chi connectivity index (χ3v) is 3.27. The molecular weight excluding hydrogens is 228 g/mol. The van der Waals surface area contributed by atoms with Crippen molar-refractivity contribution >= 4 is 21.5 Å². The Morgan fingerprint density at radius 2 is 0.895 bits per heavy atom. The molecule has 92 valence electrons. The lowest BCUT2D eigenvalue weighted by molar-refractivity contribution is 1.45. The predicted molar refractivity (Wildman–Crippen MR) is 84.4 cm³/mol. The molecular formula is C19H16. The van der Waals surface area contributed by atoms with Crippen LogP contribution in [-0.4, -0.2) is 0 Å². The topological polar surface area (TPSA) is 0 Å². The Kier molecular flexibility index (Phi) is 3.42. The maximum absolute atomic E-state index is 2.24. The molecule has 0 radical (unpaired) electrons. The van der Waals surface area contributed by atoms with Crippen LogP contribution in [0.25, 0.3) is 21.5 Å². The number of rotatable bonds is 0. The number of allylic oxidation sites excluding steroid dienone is 4. The van der Waals surface area contributed by atoms with Gasteiger partial charge in [-0.05, 0) is 40.1 Å². The van der Waals surface area contributed by atoms with E-state index in [4.69, 9.17) is 0 Å². The second-order valence-electron chi connectivity index (χ2n) is 4.64. The standard InChI is InChI=1S/C14H10.C5H6/c1-2-6-12-10-14-8-4-3-7-13(14)9-11(12)5-1;1-2-4-5-3-1/h1-10H;1-4H,5H2. The van der Waals surface area contributed by atoms with E-state index in [0.29, 0.717) is 0 Å². The number of fused-ring (bicyclic) bond motifs is 2. The Hall–Kier alpha value is -2.34. The lowest BCUT2D eigenvalue weighted by Crippen LogP contribution is -1.74. The molecule has 0 bridgehead atoms. The van der Waals surface area contributed by atoms with Crippen molar-refractivity contribution in [1.82, 2.24) is 0 Å². The molecule has 3 aromatic carbocycles. The van der Waals surface area contributed by atoms with Gasteiger partial charge in [-0.25, -0.2) is 0 Å². The summed E-state index contributed by atoms with van der Waals surface area (Å²) >= 11 is 0. The van der Waals surface area contributed by atoms with E-state index in [2.05, 4.69) is 85.0 Å². The molecule has 0 nitrogen and oxygen atoms in total. The van der Waals surface area contributed by atoms with Crippen molar-refractivity contribution < 1.29 is 0 Å². The van der Waals surface area contributed by atoms with Crippen molar-refractivity contribution in [3.05, 3.63) is 85.0 Å². The summed E-state index contributed by atoms with van der Waals surface area (Å²) in [6.07, 6.45) is 9.50. The van der Waals surface area contributed by atoms with Crippen molar-refractivity contribution in [2.24, 2.45) is 0 Å². The smallest absolute Gasteiger partial charge is 0.0163 e. The van der Waals surface area contributed by atoms with Crippen LogP contribution in [0, 0.1) is 0 Å². The van der Waals surface area contributed by atoms with Crippen molar-refractivity contribution in [3.8, 4) is 0 Å². The Labute approximate surface area is 113 Å². The van der Waals surface area contributed by atoms with Crippen LogP contribution in [0.1, 0.15) is 6.42 Å². The fourth-order valence-corrected chi connectivity index (χ4v) is 2.28. The molecule has 19 heavy (non-hydrogen) atoms. The monoisotopic (exact) mass is 244 g/mol. The SMILES string of the molecule is C1=CCC=C1.c1ccc2cc3ccccc3cc2c1. The summed E-state index contributed by atoms with van der Waals surface area (Å²) in [6.45, 7) is 0. The first-order chi connectivity index (χ1) is 9.43. The van der Waals surface area contributed by atoms with Crippen molar-refractivity contribution in [2.75, 3.05) is 0 Å². The van der Waals surface area contributed by atoms with Crippen LogP contribution in [0.4, 0.5) is 0 Å². The molecule has 4 rings (SSSR count). The van der Waals surface area contributed by atoms with Gasteiger partial charge in [0.05, 0.1) is 0 Å². The lowest BCUT2D eigenvalue weighted by atomic mass is 10.0. The zero-order valence-electron chi connectivity index (χ0n) is 10.8. The number of benzene rings is 3. The molecule has 1 aliphatic rings. The van der Waals surface area contributed by atoms with Gasteiger partial charge in [-0.3, -0.25) is 0 Å². The Morgan fingerprint density at radius 3 is 1.16 bits per heavy atom. The van der Waals surface area contributed by atoms with Gasteiger partial charge in [-0.15, -0.1) is 0 Å². The average Bonchev–Trinajstić information content (AvgIpc) is 3.04. The molecule has 0 N–H and O–H groups in total.